The van der Waals surface area contributed by atoms with Crippen molar-refractivity contribution in [3.05, 3.63) is 34.9 Å². The summed E-state index contributed by atoms with van der Waals surface area (Å²) in [6.45, 7) is 0.0654. The van der Waals surface area contributed by atoms with Crippen LogP contribution in [0.5, 0.6) is 0 Å². The van der Waals surface area contributed by atoms with E-state index in [0.29, 0.717) is 11.4 Å². The molecule has 2 N–H and O–H groups in total. The van der Waals surface area contributed by atoms with Gasteiger partial charge < -0.3 is 10.6 Å². The Bertz CT molecular complexity index is 416. The first-order chi connectivity index (χ1) is 7.65. The van der Waals surface area contributed by atoms with Gasteiger partial charge in [0.2, 0.25) is 11.8 Å². The number of rotatable bonds is 2. The van der Waals surface area contributed by atoms with E-state index >= 15 is 0 Å². The standard InChI is InChI=1S/C11H11ClN2O2/c12-8-3-1-7(2-4-8)5-9-11(16)13-6-10(15)14-9/h1-4,9H,5-6H2,(H,13,16)(H,14,15)/t9-/m0/s1. The van der Waals surface area contributed by atoms with E-state index in [2.05, 4.69) is 10.6 Å². The van der Waals surface area contributed by atoms with Crippen LogP contribution < -0.4 is 10.6 Å². The van der Waals surface area contributed by atoms with Crippen molar-refractivity contribution in [1.29, 1.82) is 0 Å². The van der Waals surface area contributed by atoms with Gasteiger partial charge in [-0.1, -0.05) is 23.7 Å². The van der Waals surface area contributed by atoms with Gasteiger partial charge in [-0.3, -0.25) is 9.59 Å². The average Bonchev–Trinajstić information content (AvgIpc) is 2.27. The molecule has 1 heterocycles. The first-order valence-corrected chi connectivity index (χ1v) is 5.34. The highest BCUT2D eigenvalue weighted by Gasteiger charge is 2.25. The summed E-state index contributed by atoms with van der Waals surface area (Å²) in [5, 5.41) is 5.84. The molecule has 16 heavy (non-hydrogen) atoms. The molecule has 0 spiro atoms. The molecule has 1 atom stereocenters. The highest BCUT2D eigenvalue weighted by molar-refractivity contribution is 6.30. The highest BCUT2D eigenvalue weighted by Crippen LogP contribution is 2.11. The molecule has 0 radical (unpaired) electrons. The Morgan fingerprint density at radius 1 is 1.25 bits per heavy atom. The molecule has 1 aliphatic heterocycles. The zero-order chi connectivity index (χ0) is 11.5. The molecule has 84 valence electrons. The van der Waals surface area contributed by atoms with Gasteiger partial charge in [-0.05, 0) is 17.7 Å². The first kappa shape index (κ1) is 11.0. The minimum absolute atomic E-state index is 0.0654. The van der Waals surface area contributed by atoms with Crippen LogP contribution in [0, 0.1) is 0 Å². The van der Waals surface area contributed by atoms with E-state index in [4.69, 9.17) is 11.6 Å². The van der Waals surface area contributed by atoms with Crippen LogP contribution >= 0.6 is 11.6 Å². The topological polar surface area (TPSA) is 58.2 Å². The van der Waals surface area contributed by atoms with Gasteiger partial charge in [0.1, 0.15) is 6.04 Å². The third kappa shape index (κ3) is 2.52. The van der Waals surface area contributed by atoms with Crippen molar-refractivity contribution in [3.63, 3.8) is 0 Å². The molecule has 4 nitrogen and oxygen atoms in total. The lowest BCUT2D eigenvalue weighted by molar-refractivity contribution is -0.133. The Morgan fingerprint density at radius 3 is 2.62 bits per heavy atom. The number of carbonyl (C=O) groups is 2. The Labute approximate surface area is 98.0 Å². The van der Waals surface area contributed by atoms with Crippen LogP contribution in [0.4, 0.5) is 0 Å². The Morgan fingerprint density at radius 2 is 1.94 bits per heavy atom. The van der Waals surface area contributed by atoms with Crippen LogP contribution in [0.15, 0.2) is 24.3 Å². The fourth-order valence-electron chi connectivity index (χ4n) is 1.60. The maximum atomic E-state index is 11.5. The van der Waals surface area contributed by atoms with Crippen LogP contribution in [-0.2, 0) is 16.0 Å². The lowest BCUT2D eigenvalue weighted by atomic mass is 10.0. The van der Waals surface area contributed by atoms with E-state index in [1.165, 1.54) is 0 Å². The molecule has 2 amide bonds. The maximum Gasteiger partial charge on any atom is 0.243 e. The van der Waals surface area contributed by atoms with Crippen LogP contribution in [-0.4, -0.2) is 24.4 Å². The molecular weight excluding hydrogens is 228 g/mol. The molecule has 2 rings (SSSR count). The van der Waals surface area contributed by atoms with E-state index in [9.17, 15) is 9.59 Å². The van der Waals surface area contributed by atoms with Crippen molar-refractivity contribution in [2.24, 2.45) is 0 Å². The molecule has 0 aromatic heterocycles. The van der Waals surface area contributed by atoms with Crippen LogP contribution in [0.25, 0.3) is 0 Å². The number of hydrogen-bond acceptors (Lipinski definition) is 2. The minimum Gasteiger partial charge on any atom is -0.345 e. The van der Waals surface area contributed by atoms with Crippen molar-refractivity contribution in [2.75, 3.05) is 6.54 Å². The normalized spacial score (nSPS) is 20.2. The van der Waals surface area contributed by atoms with Crippen molar-refractivity contribution in [2.45, 2.75) is 12.5 Å². The predicted molar refractivity (Wildman–Crippen MR) is 60.1 cm³/mol. The lowest BCUT2D eigenvalue weighted by Crippen LogP contribution is -2.56. The fraction of sp³-hybridized carbons (Fsp3) is 0.273. The van der Waals surface area contributed by atoms with E-state index in [1.807, 2.05) is 12.1 Å². The average molecular weight is 239 g/mol. The second-order valence-electron chi connectivity index (χ2n) is 3.67. The highest BCUT2D eigenvalue weighted by atomic mass is 35.5. The van der Waals surface area contributed by atoms with Crippen LogP contribution in [0.3, 0.4) is 0 Å². The number of nitrogens with one attached hydrogen (secondary N) is 2. The van der Waals surface area contributed by atoms with Crippen LogP contribution in [0.1, 0.15) is 5.56 Å². The lowest BCUT2D eigenvalue weighted by Gasteiger charge is -2.23. The predicted octanol–water partition coefficient (Wildman–Crippen LogP) is 0.497. The quantitative estimate of drug-likeness (QED) is 0.788. The third-order valence-electron chi connectivity index (χ3n) is 2.43. The molecular formula is C11H11ClN2O2. The molecule has 1 aliphatic rings. The Balaban J connectivity index is 2.05. The fourth-order valence-corrected chi connectivity index (χ4v) is 1.73. The van der Waals surface area contributed by atoms with Crippen molar-refractivity contribution < 1.29 is 9.59 Å². The summed E-state index contributed by atoms with van der Waals surface area (Å²) in [7, 11) is 0. The molecule has 1 fully saturated rings. The van der Waals surface area contributed by atoms with Crippen molar-refractivity contribution in [1.82, 2.24) is 10.6 Å². The molecule has 1 aromatic rings. The summed E-state index contributed by atoms with van der Waals surface area (Å²) in [6, 6.07) is 6.73. The maximum absolute atomic E-state index is 11.5. The van der Waals surface area contributed by atoms with E-state index < -0.39 is 6.04 Å². The van der Waals surface area contributed by atoms with E-state index in [0.717, 1.165) is 5.56 Å². The number of benzene rings is 1. The van der Waals surface area contributed by atoms with Gasteiger partial charge in [0.05, 0.1) is 6.54 Å². The molecule has 0 bridgehead atoms. The van der Waals surface area contributed by atoms with E-state index in [-0.39, 0.29) is 18.4 Å². The van der Waals surface area contributed by atoms with E-state index in [1.54, 1.807) is 12.1 Å². The Kier molecular flexibility index (Phi) is 3.10. The molecule has 5 heteroatoms. The number of carbonyl (C=O) groups excluding carboxylic acids is 2. The van der Waals surface area contributed by atoms with Crippen LogP contribution in [0.2, 0.25) is 5.02 Å². The van der Waals surface area contributed by atoms with Gasteiger partial charge in [0.15, 0.2) is 0 Å². The van der Waals surface area contributed by atoms with Gasteiger partial charge in [0, 0.05) is 11.4 Å². The number of halogens is 1. The van der Waals surface area contributed by atoms with Gasteiger partial charge >= 0.3 is 0 Å². The summed E-state index contributed by atoms with van der Waals surface area (Å²) in [5.74, 6) is -0.298. The van der Waals surface area contributed by atoms with Crippen molar-refractivity contribution >= 4 is 23.4 Å². The summed E-state index contributed by atoms with van der Waals surface area (Å²) < 4.78 is 0. The molecule has 0 unspecified atom stereocenters. The Hall–Kier alpha value is -1.55. The minimum atomic E-state index is -0.484. The van der Waals surface area contributed by atoms with Gasteiger partial charge in [-0.25, -0.2) is 0 Å². The third-order valence-corrected chi connectivity index (χ3v) is 2.68. The zero-order valence-corrected chi connectivity index (χ0v) is 9.25. The summed E-state index contributed by atoms with van der Waals surface area (Å²) >= 11 is 5.76. The SMILES string of the molecule is O=C1CNC(=O)[C@H](Cc2ccc(Cl)cc2)N1. The summed E-state index contributed by atoms with van der Waals surface area (Å²) in [4.78, 5) is 22.6. The zero-order valence-electron chi connectivity index (χ0n) is 8.50. The molecule has 1 saturated heterocycles. The largest absolute Gasteiger partial charge is 0.345 e. The number of hydrogen-bond donors (Lipinski definition) is 2. The number of amides is 2. The summed E-state index contributed by atoms with van der Waals surface area (Å²) in [6.07, 6.45) is 0.481. The molecule has 1 aromatic carbocycles. The number of piperazine rings is 1. The molecule has 0 saturated carbocycles. The smallest absolute Gasteiger partial charge is 0.243 e. The second kappa shape index (κ2) is 4.53. The first-order valence-electron chi connectivity index (χ1n) is 4.96. The second-order valence-corrected chi connectivity index (χ2v) is 4.10. The summed E-state index contributed by atoms with van der Waals surface area (Å²) in [5.41, 5.74) is 0.965. The monoisotopic (exact) mass is 238 g/mol. The van der Waals surface area contributed by atoms with Crippen molar-refractivity contribution in [3.8, 4) is 0 Å². The molecule has 0 aliphatic carbocycles. The van der Waals surface area contributed by atoms with Gasteiger partial charge in [-0.15, -0.1) is 0 Å². The van der Waals surface area contributed by atoms with Gasteiger partial charge in [0.25, 0.3) is 0 Å². The van der Waals surface area contributed by atoms with Gasteiger partial charge in [-0.2, -0.15) is 0 Å².